The Balaban J connectivity index is 2.35. The Hall–Kier alpha value is -2.95. The maximum Gasteiger partial charge on any atom is 0.190 e. The molecule has 0 saturated carbocycles. The first-order valence-electron chi connectivity index (χ1n) is 5.63. The molecule has 2 aromatic carbocycles. The minimum Gasteiger partial charge on any atom is -0.202 e. The third kappa shape index (κ3) is 1.82. The average Bonchev–Trinajstić information content (AvgIpc) is 2.89. The Labute approximate surface area is 114 Å². The van der Waals surface area contributed by atoms with Crippen LogP contribution in [-0.2, 0) is 0 Å². The summed E-state index contributed by atoms with van der Waals surface area (Å²) in [5.74, 6) is -7.03. The van der Waals surface area contributed by atoms with Gasteiger partial charge in [-0.05, 0) is 12.1 Å². The lowest BCUT2D eigenvalue weighted by Crippen LogP contribution is -2.11. The molecule has 0 saturated heterocycles. The van der Waals surface area contributed by atoms with E-state index in [2.05, 4.69) is 10.2 Å². The maximum atomic E-state index is 13.9. The Kier molecular flexibility index (Phi) is 2.83. The fourth-order valence-corrected chi connectivity index (χ4v) is 1.85. The summed E-state index contributed by atoms with van der Waals surface area (Å²) in [6, 6.07) is 7.35. The summed E-state index contributed by atoms with van der Waals surface area (Å²) in [5.41, 5.74) is -1.85. The van der Waals surface area contributed by atoms with Gasteiger partial charge in [-0.1, -0.05) is 12.1 Å². The predicted octanol–water partition coefficient (Wildman–Crippen LogP) is 2.85. The zero-order chi connectivity index (χ0) is 15.1. The Morgan fingerprint density at radius 3 is 1.76 bits per heavy atom. The summed E-state index contributed by atoms with van der Waals surface area (Å²) in [4.78, 5) is 0.461. The lowest BCUT2D eigenvalue weighted by atomic mass is 10.1. The van der Waals surface area contributed by atoms with Crippen molar-refractivity contribution < 1.29 is 17.6 Å². The molecule has 0 fully saturated rings. The van der Waals surface area contributed by atoms with E-state index < -0.39 is 34.5 Å². The van der Waals surface area contributed by atoms with Gasteiger partial charge in [0.15, 0.2) is 29.0 Å². The van der Waals surface area contributed by atoms with E-state index >= 15 is 0 Å². The largest absolute Gasteiger partial charge is 0.202 e. The van der Waals surface area contributed by atoms with Crippen LogP contribution in [0.3, 0.4) is 0 Å². The second-order valence-electron chi connectivity index (χ2n) is 4.07. The van der Waals surface area contributed by atoms with E-state index in [9.17, 15) is 17.6 Å². The molecule has 0 aliphatic rings. The fraction of sp³-hybridized carbons (Fsp3) is 0. The van der Waals surface area contributed by atoms with E-state index in [1.165, 1.54) is 12.1 Å². The molecule has 104 valence electrons. The van der Waals surface area contributed by atoms with Crippen molar-refractivity contribution in [1.29, 1.82) is 5.26 Å². The van der Waals surface area contributed by atoms with Crippen molar-refractivity contribution in [2.24, 2.45) is 0 Å². The van der Waals surface area contributed by atoms with Crippen molar-refractivity contribution in [1.82, 2.24) is 15.0 Å². The normalized spacial score (nSPS) is 10.8. The predicted molar refractivity (Wildman–Crippen MR) is 63.4 cm³/mol. The highest BCUT2D eigenvalue weighted by atomic mass is 19.2. The molecule has 0 bridgehead atoms. The van der Waals surface area contributed by atoms with Crippen molar-refractivity contribution in [3.8, 4) is 11.8 Å². The van der Waals surface area contributed by atoms with Crippen molar-refractivity contribution in [3.63, 3.8) is 0 Å². The van der Waals surface area contributed by atoms with Gasteiger partial charge in [-0.3, -0.25) is 0 Å². The zero-order valence-corrected chi connectivity index (χ0v) is 10.1. The quantitative estimate of drug-likeness (QED) is 0.512. The SMILES string of the molecule is N#Cc1c(F)c(F)c(-n2nc3ccccc3n2)c(F)c1F. The van der Waals surface area contributed by atoms with Crippen LogP contribution < -0.4 is 0 Å². The number of nitriles is 1. The Bertz CT molecular complexity index is 848. The van der Waals surface area contributed by atoms with Gasteiger partial charge in [0, 0.05) is 0 Å². The first-order valence-corrected chi connectivity index (χ1v) is 5.63. The third-order valence-electron chi connectivity index (χ3n) is 2.84. The molecule has 0 N–H and O–H groups in total. The number of aromatic nitrogens is 3. The molecule has 0 unspecified atom stereocenters. The molecule has 0 amide bonds. The van der Waals surface area contributed by atoms with E-state index in [1.54, 1.807) is 12.1 Å². The first kappa shape index (κ1) is 13.1. The van der Waals surface area contributed by atoms with Crippen LogP contribution in [0.4, 0.5) is 17.6 Å². The second kappa shape index (κ2) is 4.56. The number of benzene rings is 2. The monoisotopic (exact) mass is 292 g/mol. The standard InChI is InChI=1S/C13H4F4N4/c14-9-6(5-18)10(15)12(17)13(11(9)16)21-19-7-3-1-2-4-8(7)20-21/h1-4H. The number of hydrogen-bond acceptors (Lipinski definition) is 3. The molecular formula is C13H4F4N4. The highest BCUT2D eigenvalue weighted by Gasteiger charge is 2.27. The van der Waals surface area contributed by atoms with Gasteiger partial charge in [-0.25, -0.2) is 17.6 Å². The molecule has 8 heteroatoms. The summed E-state index contributed by atoms with van der Waals surface area (Å²) in [5, 5.41) is 16.0. The summed E-state index contributed by atoms with van der Waals surface area (Å²) >= 11 is 0. The van der Waals surface area contributed by atoms with Gasteiger partial charge in [-0.2, -0.15) is 5.26 Å². The number of rotatable bonds is 1. The van der Waals surface area contributed by atoms with Gasteiger partial charge in [0.2, 0.25) is 0 Å². The van der Waals surface area contributed by atoms with Crippen LogP contribution in [0.15, 0.2) is 24.3 Å². The molecule has 3 rings (SSSR count). The highest BCUT2D eigenvalue weighted by Crippen LogP contribution is 2.26. The minimum absolute atomic E-state index is 0.293. The third-order valence-corrected chi connectivity index (χ3v) is 2.84. The molecule has 4 nitrogen and oxygen atoms in total. The van der Waals surface area contributed by atoms with Crippen LogP contribution in [0.5, 0.6) is 0 Å². The van der Waals surface area contributed by atoms with Gasteiger partial charge >= 0.3 is 0 Å². The van der Waals surface area contributed by atoms with Crippen molar-refractivity contribution in [2.45, 2.75) is 0 Å². The number of fused-ring (bicyclic) bond motifs is 1. The summed E-state index contributed by atoms with van der Waals surface area (Å²) < 4.78 is 54.9. The number of halogens is 4. The van der Waals surface area contributed by atoms with Gasteiger partial charge in [0.25, 0.3) is 0 Å². The van der Waals surface area contributed by atoms with E-state index in [0.29, 0.717) is 15.8 Å². The molecule has 0 radical (unpaired) electrons. The highest BCUT2D eigenvalue weighted by molar-refractivity contribution is 5.73. The van der Waals surface area contributed by atoms with E-state index in [0.717, 1.165) is 6.07 Å². The Morgan fingerprint density at radius 1 is 0.857 bits per heavy atom. The lowest BCUT2D eigenvalue weighted by molar-refractivity contribution is 0.436. The van der Waals surface area contributed by atoms with Gasteiger partial charge in [0.1, 0.15) is 22.7 Å². The molecule has 0 spiro atoms. The molecule has 0 aliphatic heterocycles. The number of nitrogens with zero attached hydrogens (tertiary/aromatic N) is 4. The van der Waals surface area contributed by atoms with E-state index in [1.807, 2.05) is 0 Å². The molecule has 3 aromatic rings. The number of hydrogen-bond donors (Lipinski definition) is 0. The Morgan fingerprint density at radius 2 is 1.33 bits per heavy atom. The van der Waals surface area contributed by atoms with Crippen molar-refractivity contribution in [2.75, 3.05) is 0 Å². The minimum atomic E-state index is -1.78. The molecule has 0 aliphatic carbocycles. The second-order valence-corrected chi connectivity index (χ2v) is 4.07. The molecule has 21 heavy (non-hydrogen) atoms. The van der Waals surface area contributed by atoms with Crippen LogP contribution in [0, 0.1) is 34.6 Å². The van der Waals surface area contributed by atoms with Gasteiger partial charge in [-0.15, -0.1) is 15.0 Å². The maximum absolute atomic E-state index is 13.9. The van der Waals surface area contributed by atoms with Crippen LogP contribution in [0.1, 0.15) is 5.56 Å². The average molecular weight is 292 g/mol. The topological polar surface area (TPSA) is 54.5 Å². The molecular weight excluding hydrogens is 288 g/mol. The summed E-state index contributed by atoms with van der Waals surface area (Å²) in [6.45, 7) is 0. The van der Waals surface area contributed by atoms with Crippen LogP contribution in [0.2, 0.25) is 0 Å². The van der Waals surface area contributed by atoms with Crippen molar-refractivity contribution >= 4 is 11.0 Å². The summed E-state index contributed by atoms with van der Waals surface area (Å²) in [7, 11) is 0. The lowest BCUT2D eigenvalue weighted by Gasteiger charge is -2.06. The zero-order valence-electron chi connectivity index (χ0n) is 10.1. The van der Waals surface area contributed by atoms with Crippen LogP contribution in [-0.4, -0.2) is 15.0 Å². The van der Waals surface area contributed by atoms with Gasteiger partial charge in [0.05, 0.1) is 0 Å². The smallest absolute Gasteiger partial charge is 0.190 e. The van der Waals surface area contributed by atoms with E-state index in [-0.39, 0.29) is 0 Å². The molecule has 1 aromatic heterocycles. The molecule has 0 atom stereocenters. The fourth-order valence-electron chi connectivity index (χ4n) is 1.85. The molecule has 1 heterocycles. The summed E-state index contributed by atoms with van der Waals surface area (Å²) in [6.07, 6.45) is 0. The van der Waals surface area contributed by atoms with Crippen LogP contribution in [0.25, 0.3) is 16.7 Å². The van der Waals surface area contributed by atoms with E-state index in [4.69, 9.17) is 5.26 Å². The van der Waals surface area contributed by atoms with Gasteiger partial charge < -0.3 is 0 Å². The van der Waals surface area contributed by atoms with Crippen molar-refractivity contribution in [3.05, 3.63) is 53.1 Å². The van der Waals surface area contributed by atoms with Crippen LogP contribution >= 0.6 is 0 Å². The first-order chi connectivity index (χ1) is 10.0.